The normalized spacial score (nSPS) is 26.5. The predicted molar refractivity (Wildman–Crippen MR) is 265 cm³/mol. The van der Waals surface area contributed by atoms with Gasteiger partial charge in [-0.2, -0.15) is 0 Å². The van der Waals surface area contributed by atoms with Gasteiger partial charge in [0.05, 0.1) is 26.4 Å². The van der Waals surface area contributed by atoms with Crippen LogP contribution in [0, 0.1) is 0 Å². The zero-order valence-corrected chi connectivity index (χ0v) is 41.6. The maximum atomic E-state index is 13.0. The van der Waals surface area contributed by atoms with E-state index in [0.29, 0.717) is 13.0 Å². The fraction of sp³-hybridized carbons (Fsp3) is 0.759. The lowest BCUT2D eigenvalue weighted by molar-refractivity contribution is -0.332. The number of hydrogen-bond donors (Lipinski definition) is 7. The van der Waals surface area contributed by atoms with Crippen LogP contribution < -0.4 is 0 Å². The van der Waals surface area contributed by atoms with Crippen LogP contribution in [0.4, 0.5) is 0 Å². The van der Waals surface area contributed by atoms with Gasteiger partial charge in [-0.05, 0) is 77.0 Å². The molecule has 0 aliphatic carbocycles. The number of unbranched alkanes of at least 4 members (excludes halogenated alkanes) is 14. The van der Waals surface area contributed by atoms with Crippen molar-refractivity contribution in [2.45, 2.75) is 229 Å². The van der Waals surface area contributed by atoms with Crippen LogP contribution >= 0.6 is 0 Å². The average molecular weight is 965 g/mol. The van der Waals surface area contributed by atoms with Gasteiger partial charge < -0.3 is 64.2 Å². The summed E-state index contributed by atoms with van der Waals surface area (Å²) in [6.45, 7) is 3.47. The molecule has 2 aliphatic rings. The van der Waals surface area contributed by atoms with Crippen LogP contribution in [0.25, 0.3) is 0 Å². The molecule has 11 unspecified atom stereocenters. The Labute approximate surface area is 408 Å². The summed E-state index contributed by atoms with van der Waals surface area (Å²) >= 11 is 0. The molecule has 392 valence electrons. The van der Waals surface area contributed by atoms with Crippen LogP contribution in [0.1, 0.15) is 162 Å². The maximum Gasteiger partial charge on any atom is 0.306 e. The quantitative estimate of drug-likeness (QED) is 0.0177. The highest BCUT2D eigenvalue weighted by Crippen LogP contribution is 2.26. The standard InChI is InChI=1S/C54H92O14/c1-3-5-7-9-11-13-15-16-17-18-19-20-21-22-23-24-25-26-27-29-31-33-35-37-46(56)66-43(40-63-38-36-34-32-30-28-14-12-10-8-6-4-2)41-64-53-52(62)50(60)48(58)45(68-53)42-65-54-51(61)49(59)47(57)44(39-55)67-54/h5,7-8,10-11,13,16-17,19-20,22-23,43-45,47-55,57-62H,3-4,6,9,12,14-15,18,21,24-42H2,1-2H3/b7-5-,10-8-,13-11-,17-16-,20-19-,23-22-. The largest absolute Gasteiger partial charge is 0.457 e. The van der Waals surface area contributed by atoms with E-state index in [-0.39, 0.29) is 19.6 Å². The fourth-order valence-corrected chi connectivity index (χ4v) is 7.72. The highest BCUT2D eigenvalue weighted by atomic mass is 16.7. The van der Waals surface area contributed by atoms with E-state index in [1.165, 1.54) is 38.5 Å². The fourth-order valence-electron chi connectivity index (χ4n) is 7.72. The number of hydrogen-bond acceptors (Lipinski definition) is 14. The number of ether oxygens (including phenoxy) is 6. The first-order valence-electron chi connectivity index (χ1n) is 26.0. The predicted octanol–water partition coefficient (Wildman–Crippen LogP) is 7.90. The second-order valence-corrected chi connectivity index (χ2v) is 18.0. The lowest BCUT2D eigenvalue weighted by Gasteiger charge is -2.42. The van der Waals surface area contributed by atoms with Crippen molar-refractivity contribution >= 4 is 5.97 Å². The van der Waals surface area contributed by atoms with E-state index in [4.69, 9.17) is 28.4 Å². The highest BCUT2D eigenvalue weighted by Gasteiger charge is 2.47. The Bertz CT molecular complexity index is 1400. The zero-order valence-electron chi connectivity index (χ0n) is 41.6. The topological polar surface area (TPSA) is 214 Å². The molecule has 2 saturated heterocycles. The third kappa shape index (κ3) is 28.3. The summed E-state index contributed by atoms with van der Waals surface area (Å²) in [5.74, 6) is -0.393. The Kier molecular flexibility index (Phi) is 37.2. The van der Waals surface area contributed by atoms with E-state index in [1.54, 1.807) is 0 Å². The molecule has 14 heteroatoms. The molecule has 0 aromatic carbocycles. The second kappa shape index (κ2) is 41.1. The van der Waals surface area contributed by atoms with Crippen LogP contribution in [0.3, 0.4) is 0 Å². The summed E-state index contributed by atoms with van der Waals surface area (Å²) in [4.78, 5) is 13.0. The number of aliphatic hydroxyl groups excluding tert-OH is 7. The number of carbonyl (C=O) groups excluding carboxylic acids is 1. The minimum absolute atomic E-state index is 0.0487. The average Bonchev–Trinajstić information content (AvgIpc) is 3.33. The van der Waals surface area contributed by atoms with Gasteiger partial charge in [0.2, 0.25) is 0 Å². The third-order valence-corrected chi connectivity index (χ3v) is 11.9. The van der Waals surface area contributed by atoms with Crippen molar-refractivity contribution in [3.05, 3.63) is 72.9 Å². The summed E-state index contributed by atoms with van der Waals surface area (Å²) < 4.78 is 34.2. The maximum absolute atomic E-state index is 13.0. The Hall–Kier alpha value is -2.57. The highest BCUT2D eigenvalue weighted by molar-refractivity contribution is 5.69. The Morgan fingerprint density at radius 2 is 0.956 bits per heavy atom. The summed E-state index contributed by atoms with van der Waals surface area (Å²) in [5.41, 5.74) is 0. The lowest BCUT2D eigenvalue weighted by atomic mass is 9.98. The van der Waals surface area contributed by atoms with Crippen molar-refractivity contribution in [3.8, 4) is 0 Å². The van der Waals surface area contributed by atoms with Crippen molar-refractivity contribution in [2.24, 2.45) is 0 Å². The second-order valence-electron chi connectivity index (χ2n) is 18.0. The number of rotatable bonds is 40. The van der Waals surface area contributed by atoms with Crippen molar-refractivity contribution in [1.29, 1.82) is 0 Å². The van der Waals surface area contributed by atoms with Crippen molar-refractivity contribution < 1.29 is 69.0 Å². The minimum Gasteiger partial charge on any atom is -0.457 e. The Morgan fingerprint density at radius 1 is 0.500 bits per heavy atom. The van der Waals surface area contributed by atoms with E-state index >= 15 is 0 Å². The summed E-state index contributed by atoms with van der Waals surface area (Å²) in [7, 11) is 0. The molecular weight excluding hydrogens is 873 g/mol. The van der Waals surface area contributed by atoms with Gasteiger partial charge in [-0.1, -0.05) is 151 Å². The first kappa shape index (κ1) is 61.5. The molecule has 2 fully saturated rings. The summed E-state index contributed by atoms with van der Waals surface area (Å²) in [6, 6.07) is 0. The first-order valence-corrected chi connectivity index (χ1v) is 26.0. The molecular formula is C54H92O14. The van der Waals surface area contributed by atoms with Crippen LogP contribution in [0.5, 0.6) is 0 Å². The van der Waals surface area contributed by atoms with Crippen LogP contribution in [-0.2, 0) is 33.2 Å². The van der Waals surface area contributed by atoms with E-state index in [0.717, 1.165) is 96.3 Å². The monoisotopic (exact) mass is 965 g/mol. The molecule has 0 amide bonds. The lowest BCUT2D eigenvalue weighted by Crippen LogP contribution is -2.61. The Morgan fingerprint density at radius 3 is 1.51 bits per heavy atom. The molecule has 14 nitrogen and oxygen atoms in total. The molecule has 2 heterocycles. The molecule has 0 radical (unpaired) electrons. The van der Waals surface area contributed by atoms with Gasteiger partial charge >= 0.3 is 5.97 Å². The van der Waals surface area contributed by atoms with Gasteiger partial charge in [-0.25, -0.2) is 0 Å². The van der Waals surface area contributed by atoms with Crippen LogP contribution in [0.2, 0.25) is 0 Å². The molecule has 2 rings (SSSR count). The minimum atomic E-state index is -1.71. The molecule has 0 bridgehead atoms. The SMILES string of the molecule is CC/C=C\C/C=C\C/C=C\C/C=C\C/C=C\CCCCCCCCCC(=O)OC(COCCCCCCCC/C=C\CCC)COC1OC(COC2OC(CO)C(O)C(O)C2O)C(O)C(O)C1O. The molecule has 0 saturated carbocycles. The molecule has 68 heavy (non-hydrogen) atoms. The van der Waals surface area contributed by atoms with E-state index in [1.807, 2.05) is 0 Å². The number of carbonyl (C=O) groups is 1. The number of aliphatic hydroxyl groups is 7. The molecule has 7 N–H and O–H groups in total. The summed E-state index contributed by atoms with van der Waals surface area (Å²) in [5, 5.41) is 72.1. The van der Waals surface area contributed by atoms with Crippen LogP contribution in [0.15, 0.2) is 72.9 Å². The Balaban J connectivity index is 1.73. The smallest absolute Gasteiger partial charge is 0.306 e. The molecule has 2 aliphatic heterocycles. The summed E-state index contributed by atoms with van der Waals surface area (Å²) in [6.07, 6.45) is 33.9. The van der Waals surface area contributed by atoms with E-state index in [9.17, 15) is 40.5 Å². The van der Waals surface area contributed by atoms with Gasteiger partial charge in [0, 0.05) is 13.0 Å². The van der Waals surface area contributed by atoms with Gasteiger partial charge in [0.1, 0.15) is 54.9 Å². The third-order valence-electron chi connectivity index (χ3n) is 11.9. The zero-order chi connectivity index (χ0) is 49.5. The van der Waals surface area contributed by atoms with Gasteiger partial charge in [0.25, 0.3) is 0 Å². The number of allylic oxidation sites excluding steroid dienone is 12. The van der Waals surface area contributed by atoms with E-state index in [2.05, 4.69) is 86.8 Å². The molecule has 11 atom stereocenters. The van der Waals surface area contributed by atoms with Crippen molar-refractivity contribution in [1.82, 2.24) is 0 Å². The van der Waals surface area contributed by atoms with Gasteiger partial charge in [-0.3, -0.25) is 4.79 Å². The van der Waals surface area contributed by atoms with Crippen molar-refractivity contribution in [3.63, 3.8) is 0 Å². The van der Waals surface area contributed by atoms with Crippen molar-refractivity contribution in [2.75, 3.05) is 33.0 Å². The van der Waals surface area contributed by atoms with E-state index < -0.39 is 86.7 Å². The van der Waals surface area contributed by atoms with Gasteiger partial charge in [-0.15, -0.1) is 0 Å². The molecule has 0 aromatic rings. The molecule has 0 spiro atoms. The first-order chi connectivity index (χ1) is 33.1. The molecule has 0 aromatic heterocycles. The van der Waals surface area contributed by atoms with Gasteiger partial charge in [0.15, 0.2) is 12.6 Å². The number of esters is 1. The van der Waals surface area contributed by atoms with Crippen LogP contribution in [-0.4, -0.2) is 142 Å².